The molecule has 0 unspecified atom stereocenters. The van der Waals surface area contributed by atoms with E-state index in [1.165, 1.54) is 0 Å². The number of anilines is 2. The zero-order valence-electron chi connectivity index (χ0n) is 15.6. The van der Waals surface area contributed by atoms with Crippen LogP contribution in [0.15, 0.2) is 18.3 Å². The second-order valence-electron chi connectivity index (χ2n) is 5.96. The molecule has 0 atom stereocenters. The molecule has 0 saturated heterocycles. The van der Waals surface area contributed by atoms with Crippen LogP contribution >= 0.6 is 0 Å². The van der Waals surface area contributed by atoms with Crippen molar-refractivity contribution in [2.75, 3.05) is 32.4 Å². The Balaban J connectivity index is 2.27. The van der Waals surface area contributed by atoms with E-state index in [1.54, 1.807) is 41.4 Å². The van der Waals surface area contributed by atoms with Crippen molar-refractivity contribution >= 4 is 17.7 Å². The first kappa shape index (κ1) is 19.3. The number of carbonyl (C=O) groups is 1. The molecule has 1 heterocycles. The van der Waals surface area contributed by atoms with Crippen molar-refractivity contribution in [3.8, 4) is 17.2 Å². The normalized spacial score (nSPS) is 10.5. The van der Waals surface area contributed by atoms with E-state index in [1.807, 2.05) is 12.1 Å². The van der Waals surface area contributed by atoms with Crippen LogP contribution < -0.4 is 25.3 Å². The van der Waals surface area contributed by atoms with Gasteiger partial charge in [0.2, 0.25) is 17.6 Å². The van der Waals surface area contributed by atoms with Gasteiger partial charge in [-0.3, -0.25) is 10.1 Å². The number of hydrogen-bond donors (Lipinski definition) is 2. The number of carbonyl (C=O) groups excluding carboxylic acids is 1. The minimum atomic E-state index is -0.168. The van der Waals surface area contributed by atoms with Crippen LogP contribution in [0.25, 0.3) is 0 Å². The molecule has 8 heteroatoms. The van der Waals surface area contributed by atoms with Crippen LogP contribution in [0.1, 0.15) is 25.0 Å². The fourth-order valence-corrected chi connectivity index (χ4v) is 2.33. The number of hydrogen-bond acceptors (Lipinski definition) is 7. The molecule has 8 nitrogen and oxygen atoms in total. The van der Waals surface area contributed by atoms with Crippen LogP contribution in [-0.4, -0.2) is 37.2 Å². The number of benzene rings is 1. The van der Waals surface area contributed by atoms with Crippen LogP contribution in [-0.2, 0) is 11.2 Å². The molecular formula is C18H24N4O4. The highest BCUT2D eigenvalue weighted by molar-refractivity contribution is 5.90. The largest absolute Gasteiger partial charge is 0.493 e. The number of rotatable bonds is 7. The Labute approximate surface area is 152 Å². The highest BCUT2D eigenvalue weighted by atomic mass is 16.5. The third-order valence-electron chi connectivity index (χ3n) is 3.78. The first-order valence-electron chi connectivity index (χ1n) is 8.10. The van der Waals surface area contributed by atoms with Crippen molar-refractivity contribution in [1.29, 1.82) is 0 Å². The first-order chi connectivity index (χ1) is 12.4. The lowest BCUT2D eigenvalue weighted by atomic mass is 10.1. The number of nitrogens with two attached hydrogens (primary N) is 1. The Hall–Kier alpha value is -3.03. The SMILES string of the molecule is COc1cc(Cc2cnc(NC(=O)C(C)C)nc2N)cc(OC)c1OC. The van der Waals surface area contributed by atoms with Crippen LogP contribution in [0.5, 0.6) is 17.2 Å². The van der Waals surface area contributed by atoms with Crippen molar-refractivity contribution < 1.29 is 19.0 Å². The summed E-state index contributed by atoms with van der Waals surface area (Å²) in [6.45, 7) is 3.58. The molecule has 140 valence electrons. The molecule has 0 fully saturated rings. The minimum absolute atomic E-state index is 0.165. The smallest absolute Gasteiger partial charge is 0.231 e. The van der Waals surface area contributed by atoms with Crippen molar-refractivity contribution in [3.05, 3.63) is 29.5 Å². The Morgan fingerprint density at radius 1 is 1.15 bits per heavy atom. The third-order valence-corrected chi connectivity index (χ3v) is 3.78. The zero-order chi connectivity index (χ0) is 19.3. The van der Waals surface area contributed by atoms with E-state index in [4.69, 9.17) is 19.9 Å². The molecule has 2 aromatic rings. The van der Waals surface area contributed by atoms with Gasteiger partial charge < -0.3 is 19.9 Å². The van der Waals surface area contributed by atoms with Gasteiger partial charge in [0.1, 0.15) is 5.82 Å². The number of methoxy groups -OCH3 is 3. The lowest BCUT2D eigenvalue weighted by Crippen LogP contribution is -2.20. The molecule has 0 aliphatic heterocycles. The van der Waals surface area contributed by atoms with Crippen LogP contribution in [0.2, 0.25) is 0 Å². The van der Waals surface area contributed by atoms with Gasteiger partial charge in [-0.1, -0.05) is 13.8 Å². The topological polar surface area (TPSA) is 109 Å². The number of nitrogen functional groups attached to an aromatic ring is 1. The minimum Gasteiger partial charge on any atom is -0.493 e. The molecule has 2 rings (SSSR count). The molecule has 1 aromatic heterocycles. The Morgan fingerprint density at radius 3 is 2.23 bits per heavy atom. The maximum atomic E-state index is 11.7. The molecule has 0 saturated carbocycles. The summed E-state index contributed by atoms with van der Waals surface area (Å²) in [5.74, 6) is 1.79. The highest BCUT2D eigenvalue weighted by Crippen LogP contribution is 2.38. The Bertz CT molecular complexity index is 768. The summed E-state index contributed by atoms with van der Waals surface area (Å²) in [4.78, 5) is 20.1. The second kappa shape index (κ2) is 8.37. The Kier molecular flexibility index (Phi) is 6.21. The van der Waals surface area contributed by atoms with Crippen molar-refractivity contribution in [3.63, 3.8) is 0 Å². The molecule has 0 radical (unpaired) electrons. The highest BCUT2D eigenvalue weighted by Gasteiger charge is 2.15. The van der Waals surface area contributed by atoms with Gasteiger partial charge in [0.05, 0.1) is 21.3 Å². The van der Waals surface area contributed by atoms with Gasteiger partial charge in [0, 0.05) is 24.1 Å². The fourth-order valence-electron chi connectivity index (χ4n) is 2.33. The predicted octanol–water partition coefficient (Wildman–Crippen LogP) is 2.27. The number of amides is 1. The van der Waals surface area contributed by atoms with Gasteiger partial charge >= 0.3 is 0 Å². The van der Waals surface area contributed by atoms with E-state index in [2.05, 4.69) is 15.3 Å². The van der Waals surface area contributed by atoms with Crippen LogP contribution in [0, 0.1) is 5.92 Å². The standard InChI is InChI=1S/C18H24N4O4/c1-10(2)17(23)22-18-20-9-12(16(19)21-18)6-11-7-13(24-3)15(26-5)14(8-11)25-4/h7-10H,6H2,1-5H3,(H3,19,20,21,22,23). The lowest BCUT2D eigenvalue weighted by Gasteiger charge is -2.14. The summed E-state index contributed by atoms with van der Waals surface area (Å²) in [5.41, 5.74) is 7.65. The zero-order valence-corrected chi connectivity index (χ0v) is 15.6. The van der Waals surface area contributed by atoms with Gasteiger partial charge in [-0.2, -0.15) is 4.98 Å². The van der Waals surface area contributed by atoms with Crippen molar-refractivity contribution in [2.24, 2.45) is 5.92 Å². The van der Waals surface area contributed by atoms with E-state index in [0.29, 0.717) is 29.5 Å². The summed E-state index contributed by atoms with van der Waals surface area (Å²) in [6, 6.07) is 3.69. The van der Waals surface area contributed by atoms with Gasteiger partial charge in [-0.05, 0) is 17.7 Å². The maximum Gasteiger partial charge on any atom is 0.231 e. The quantitative estimate of drug-likeness (QED) is 0.779. The third kappa shape index (κ3) is 4.33. The average molecular weight is 360 g/mol. The molecule has 3 N–H and O–H groups in total. The van der Waals surface area contributed by atoms with Gasteiger partial charge in [0.15, 0.2) is 11.5 Å². The van der Waals surface area contributed by atoms with E-state index in [0.717, 1.165) is 11.1 Å². The van der Waals surface area contributed by atoms with Crippen LogP contribution in [0.3, 0.4) is 0 Å². The van der Waals surface area contributed by atoms with E-state index < -0.39 is 0 Å². The fraction of sp³-hybridized carbons (Fsp3) is 0.389. The molecule has 26 heavy (non-hydrogen) atoms. The summed E-state index contributed by atoms with van der Waals surface area (Å²) < 4.78 is 16.0. The molecule has 0 bridgehead atoms. The van der Waals surface area contributed by atoms with Gasteiger partial charge in [0.25, 0.3) is 0 Å². The van der Waals surface area contributed by atoms with E-state index in [9.17, 15) is 4.79 Å². The maximum absolute atomic E-state index is 11.7. The second-order valence-corrected chi connectivity index (χ2v) is 5.96. The Morgan fingerprint density at radius 2 is 1.77 bits per heavy atom. The number of nitrogens with one attached hydrogen (secondary N) is 1. The summed E-state index contributed by atoms with van der Waals surface area (Å²) in [6.07, 6.45) is 2.07. The number of nitrogens with zero attached hydrogens (tertiary/aromatic N) is 2. The monoisotopic (exact) mass is 360 g/mol. The lowest BCUT2D eigenvalue weighted by molar-refractivity contribution is -0.118. The van der Waals surface area contributed by atoms with Gasteiger partial charge in [-0.15, -0.1) is 0 Å². The van der Waals surface area contributed by atoms with Gasteiger partial charge in [-0.25, -0.2) is 4.98 Å². The number of aromatic nitrogens is 2. The summed E-state index contributed by atoms with van der Waals surface area (Å²) >= 11 is 0. The molecular weight excluding hydrogens is 336 g/mol. The van der Waals surface area contributed by atoms with E-state index in [-0.39, 0.29) is 17.8 Å². The predicted molar refractivity (Wildman–Crippen MR) is 98.8 cm³/mol. The number of ether oxygens (including phenoxy) is 3. The summed E-state index contributed by atoms with van der Waals surface area (Å²) in [5, 5.41) is 2.63. The molecule has 0 aliphatic carbocycles. The first-order valence-corrected chi connectivity index (χ1v) is 8.10. The average Bonchev–Trinajstić information content (AvgIpc) is 2.62. The molecule has 1 aromatic carbocycles. The van der Waals surface area contributed by atoms with Crippen molar-refractivity contribution in [1.82, 2.24) is 9.97 Å². The summed E-state index contributed by atoms with van der Waals surface area (Å²) in [7, 11) is 4.67. The van der Waals surface area contributed by atoms with E-state index >= 15 is 0 Å². The van der Waals surface area contributed by atoms with Crippen LogP contribution in [0.4, 0.5) is 11.8 Å². The molecule has 0 aliphatic rings. The van der Waals surface area contributed by atoms with Crippen molar-refractivity contribution in [2.45, 2.75) is 20.3 Å². The molecule has 1 amide bonds. The molecule has 0 spiro atoms.